The fourth-order valence-corrected chi connectivity index (χ4v) is 7.98. The minimum Gasteiger partial charge on any atom is -0.462 e. The summed E-state index contributed by atoms with van der Waals surface area (Å²) in [6.45, 7) is 3.64. The molecular weight excluding hydrogens is 837 g/mol. The zero-order valence-corrected chi connectivity index (χ0v) is 40.4. The highest BCUT2D eigenvalue weighted by Crippen LogP contribution is 2.24. The molecule has 1 aliphatic heterocycles. The third-order valence-electron chi connectivity index (χ3n) is 11.1. The average molecular weight is 925 g/mol. The molecule has 12 nitrogen and oxygen atoms in total. The molecule has 64 heavy (non-hydrogen) atoms. The van der Waals surface area contributed by atoms with E-state index in [2.05, 4.69) is 74.6 Å². The molecule has 1 fully saturated rings. The van der Waals surface area contributed by atoms with Crippen molar-refractivity contribution in [2.24, 2.45) is 0 Å². The van der Waals surface area contributed by atoms with Crippen molar-refractivity contribution in [2.45, 2.75) is 230 Å². The Hall–Kier alpha value is -2.65. The van der Waals surface area contributed by atoms with Crippen molar-refractivity contribution in [3.63, 3.8) is 0 Å². The Morgan fingerprint density at radius 3 is 1.47 bits per heavy atom. The molecule has 0 bridgehead atoms. The molecule has 1 rings (SSSR count). The van der Waals surface area contributed by atoms with Crippen LogP contribution in [0.4, 0.5) is 0 Å². The molecule has 0 saturated carbocycles. The second-order valence-corrected chi connectivity index (χ2v) is 18.6. The fourth-order valence-electron chi connectivity index (χ4n) is 7.29. The van der Waals surface area contributed by atoms with Crippen molar-refractivity contribution in [2.75, 3.05) is 19.0 Å². The molecule has 1 aliphatic rings. The van der Waals surface area contributed by atoms with E-state index in [9.17, 15) is 37.9 Å². The Bertz CT molecular complexity index is 1410. The molecule has 6 unspecified atom stereocenters. The first-order valence-corrected chi connectivity index (χ1v) is 26.5. The smallest absolute Gasteiger partial charge is 0.306 e. The maximum Gasteiger partial charge on any atom is 0.306 e. The Kier molecular flexibility index (Phi) is 37.7. The maximum atomic E-state index is 12.8. The van der Waals surface area contributed by atoms with Gasteiger partial charge in [0.05, 0.1) is 6.61 Å². The molecule has 0 aromatic heterocycles. The largest absolute Gasteiger partial charge is 0.462 e. The minimum atomic E-state index is -4.61. The first-order chi connectivity index (χ1) is 31.0. The summed E-state index contributed by atoms with van der Waals surface area (Å²) in [4.78, 5) is 25.5. The lowest BCUT2D eigenvalue weighted by molar-refractivity contribution is -0.297. The van der Waals surface area contributed by atoms with Gasteiger partial charge >= 0.3 is 11.9 Å². The third-order valence-corrected chi connectivity index (χ3v) is 11.9. The van der Waals surface area contributed by atoms with Crippen molar-refractivity contribution < 1.29 is 56.8 Å². The molecular formula is C51H88O12S. The number of unbranched alkanes of at least 4 members (excludes halogenated alkanes) is 19. The number of aliphatic hydroxyl groups excluding tert-OH is 3. The molecule has 4 N–H and O–H groups in total. The van der Waals surface area contributed by atoms with Crippen molar-refractivity contribution in [1.29, 1.82) is 0 Å². The molecule has 0 radical (unpaired) electrons. The van der Waals surface area contributed by atoms with Crippen LogP contribution in [0.5, 0.6) is 0 Å². The van der Waals surface area contributed by atoms with Gasteiger partial charge in [-0.25, -0.2) is 0 Å². The predicted octanol–water partition coefficient (Wildman–Crippen LogP) is 10.9. The van der Waals surface area contributed by atoms with Gasteiger partial charge in [0, 0.05) is 12.8 Å². The Labute approximate surface area is 387 Å². The van der Waals surface area contributed by atoms with Crippen molar-refractivity contribution >= 4 is 22.1 Å². The van der Waals surface area contributed by atoms with E-state index >= 15 is 0 Å². The zero-order chi connectivity index (χ0) is 46.9. The molecule has 13 heteroatoms. The number of allylic oxidation sites excluding steroid dienone is 10. The Balaban J connectivity index is 2.43. The van der Waals surface area contributed by atoms with Crippen molar-refractivity contribution in [1.82, 2.24) is 0 Å². The van der Waals surface area contributed by atoms with Gasteiger partial charge in [0.1, 0.15) is 36.8 Å². The van der Waals surface area contributed by atoms with Crippen molar-refractivity contribution in [3.05, 3.63) is 60.8 Å². The number of carbonyl (C=O) groups is 2. The normalized spacial score (nSPS) is 20.1. The van der Waals surface area contributed by atoms with Gasteiger partial charge in [-0.05, 0) is 57.8 Å². The van der Waals surface area contributed by atoms with E-state index in [0.29, 0.717) is 12.8 Å². The lowest BCUT2D eigenvalue weighted by Gasteiger charge is -2.40. The predicted molar refractivity (Wildman–Crippen MR) is 256 cm³/mol. The molecule has 1 heterocycles. The third kappa shape index (κ3) is 34.7. The van der Waals surface area contributed by atoms with Gasteiger partial charge in [0.2, 0.25) is 0 Å². The highest BCUT2D eigenvalue weighted by molar-refractivity contribution is 7.85. The highest BCUT2D eigenvalue weighted by Gasteiger charge is 2.46. The van der Waals surface area contributed by atoms with Crippen molar-refractivity contribution in [3.8, 4) is 0 Å². The quantitative estimate of drug-likeness (QED) is 0.0197. The molecule has 0 aliphatic carbocycles. The van der Waals surface area contributed by atoms with E-state index in [1.807, 2.05) is 0 Å². The second kappa shape index (κ2) is 40.6. The van der Waals surface area contributed by atoms with Crippen LogP contribution < -0.4 is 0 Å². The van der Waals surface area contributed by atoms with E-state index < -0.39 is 71.2 Å². The summed E-state index contributed by atoms with van der Waals surface area (Å²) in [5.41, 5.74) is 0. The summed E-state index contributed by atoms with van der Waals surface area (Å²) in [7, 11) is -4.61. The number of hydrogen-bond acceptors (Lipinski definition) is 11. The van der Waals surface area contributed by atoms with E-state index in [1.54, 1.807) is 0 Å². The van der Waals surface area contributed by atoms with Gasteiger partial charge in [0.25, 0.3) is 10.1 Å². The molecule has 0 aromatic rings. The molecule has 0 spiro atoms. The van der Waals surface area contributed by atoms with Crippen LogP contribution in [0.2, 0.25) is 0 Å². The monoisotopic (exact) mass is 925 g/mol. The first kappa shape index (κ1) is 59.4. The van der Waals surface area contributed by atoms with Gasteiger partial charge < -0.3 is 34.3 Å². The van der Waals surface area contributed by atoms with Gasteiger partial charge in [-0.15, -0.1) is 0 Å². The summed E-state index contributed by atoms with van der Waals surface area (Å²) >= 11 is 0. The summed E-state index contributed by atoms with van der Waals surface area (Å²) in [6, 6.07) is 0. The molecule has 0 aromatic carbocycles. The topological polar surface area (TPSA) is 186 Å². The summed E-state index contributed by atoms with van der Waals surface area (Å²) in [5.74, 6) is -2.02. The lowest BCUT2D eigenvalue weighted by atomic mass is 10.00. The first-order valence-electron chi connectivity index (χ1n) is 24.8. The zero-order valence-electron chi connectivity index (χ0n) is 39.6. The van der Waals surface area contributed by atoms with Gasteiger partial charge in [0.15, 0.2) is 12.4 Å². The lowest BCUT2D eigenvalue weighted by Crippen LogP contribution is -2.60. The van der Waals surface area contributed by atoms with Crippen LogP contribution in [0.3, 0.4) is 0 Å². The number of esters is 2. The highest BCUT2D eigenvalue weighted by atomic mass is 32.2. The van der Waals surface area contributed by atoms with E-state index in [0.717, 1.165) is 70.6 Å². The summed E-state index contributed by atoms with van der Waals surface area (Å²) in [6.07, 6.45) is 41.1. The van der Waals surface area contributed by atoms with Gasteiger partial charge in [-0.3, -0.25) is 14.1 Å². The van der Waals surface area contributed by atoms with Gasteiger partial charge in [-0.1, -0.05) is 184 Å². The number of carbonyl (C=O) groups excluding carboxylic acids is 2. The van der Waals surface area contributed by atoms with E-state index in [-0.39, 0.29) is 19.4 Å². The average Bonchev–Trinajstić information content (AvgIpc) is 3.26. The van der Waals surface area contributed by atoms with E-state index in [1.165, 1.54) is 83.5 Å². The number of hydrogen-bond donors (Lipinski definition) is 4. The minimum absolute atomic E-state index is 0.124. The SMILES string of the molecule is CC/C=C\C/C=C\C/C=C\C/C=C\C/C=C\CCCCCC(=O)OC(COC(=O)CCCCCCCCCCCCCCCCCCC)COC1OC(CS(=O)(=O)O)C(O)C(O)C1O. The van der Waals surface area contributed by atoms with Crippen LogP contribution in [0, 0.1) is 0 Å². The summed E-state index contributed by atoms with van der Waals surface area (Å²) in [5, 5.41) is 30.9. The second-order valence-electron chi connectivity index (χ2n) is 17.1. The molecule has 0 amide bonds. The molecule has 1 saturated heterocycles. The van der Waals surface area contributed by atoms with Gasteiger partial charge in [-0.2, -0.15) is 8.42 Å². The van der Waals surface area contributed by atoms with Crippen LogP contribution >= 0.6 is 0 Å². The standard InChI is InChI=1S/C51H88O12S/c1-3-5-7-9-11-13-15-17-19-21-22-24-26-28-30-32-34-36-38-40-47(53)62-44(42-61-51-50(56)49(55)48(54)45(63-51)43-64(57,58)59)41-60-46(52)39-37-35-33-31-29-27-25-23-20-18-16-14-12-10-8-6-4-2/h5,7,11,13,17,19,22,24,28,30,44-45,48-51,54-56H,3-4,6,8-10,12,14-16,18,20-21,23,25-27,29,31-43H2,1-2H3,(H,57,58,59)/b7-5-,13-11-,19-17-,24-22-,30-28-. The Morgan fingerprint density at radius 2 is 0.984 bits per heavy atom. The van der Waals surface area contributed by atoms with Crippen LogP contribution in [-0.4, -0.2) is 96.0 Å². The Morgan fingerprint density at radius 1 is 0.547 bits per heavy atom. The maximum absolute atomic E-state index is 12.8. The van der Waals surface area contributed by atoms with E-state index in [4.69, 9.17) is 18.9 Å². The van der Waals surface area contributed by atoms with Crippen LogP contribution in [0.25, 0.3) is 0 Å². The van der Waals surface area contributed by atoms with Crippen LogP contribution in [0.1, 0.15) is 194 Å². The summed E-state index contributed by atoms with van der Waals surface area (Å²) < 4.78 is 54.2. The van der Waals surface area contributed by atoms with Crippen LogP contribution in [0.15, 0.2) is 60.8 Å². The number of aliphatic hydroxyl groups is 3. The van der Waals surface area contributed by atoms with Crippen LogP contribution in [-0.2, 0) is 38.7 Å². The fraction of sp³-hybridized carbons (Fsp3) is 0.765. The molecule has 370 valence electrons. The molecule has 6 atom stereocenters. The number of ether oxygens (including phenoxy) is 4. The number of rotatable bonds is 41.